The summed E-state index contributed by atoms with van der Waals surface area (Å²) in [5.74, 6) is -3.32. The molecule has 1 heterocycles. The van der Waals surface area contributed by atoms with Gasteiger partial charge in [-0.1, -0.05) is 36.4 Å². The van der Waals surface area contributed by atoms with Crippen molar-refractivity contribution < 1.29 is 42.9 Å². The molecule has 44 heavy (non-hydrogen) atoms. The standard InChI is InChI=1S/C28H30N4O4.C2HF3O2.Li.H/c1-18-5-2-3-7-23(18)30-28-31-24-13-8-19(15-25(24)32-28)16-26(34)29-22-11-9-20(10-12-22)21(6-4-14-33)17-27(35)36;3-2(4,5)1(6)7;;/h2-3,5,7-13,15,21,33H,4,6,14,16-17H2,1H3,(H,29,34)(H,35,36)(H2,30,31,32);(H,6,7);;. The van der Waals surface area contributed by atoms with E-state index in [1.165, 1.54) is 0 Å². The number of imidazole rings is 1. The van der Waals surface area contributed by atoms with Crippen molar-refractivity contribution in [2.24, 2.45) is 0 Å². The van der Waals surface area contributed by atoms with Gasteiger partial charge in [-0.2, -0.15) is 13.2 Å². The monoisotopic (exact) mass is 608 g/mol. The summed E-state index contributed by atoms with van der Waals surface area (Å²) >= 11 is 0. The number of nitrogens with zero attached hydrogens (tertiary/aromatic N) is 1. The summed E-state index contributed by atoms with van der Waals surface area (Å²) in [4.78, 5) is 40.6. The zero-order valence-electron chi connectivity index (χ0n) is 23.1. The molecule has 0 spiro atoms. The van der Waals surface area contributed by atoms with Crippen LogP contribution < -0.4 is 10.6 Å². The van der Waals surface area contributed by atoms with Gasteiger partial charge in [-0.3, -0.25) is 9.59 Å². The van der Waals surface area contributed by atoms with E-state index in [4.69, 9.17) is 15.0 Å². The molecule has 0 saturated heterocycles. The second-order valence-corrected chi connectivity index (χ2v) is 9.69. The number of nitrogens with one attached hydrogen (secondary N) is 3. The summed E-state index contributed by atoms with van der Waals surface area (Å²) in [5.41, 5.74) is 6.12. The van der Waals surface area contributed by atoms with Gasteiger partial charge < -0.3 is 30.9 Å². The van der Waals surface area contributed by atoms with Crippen LogP contribution in [0.2, 0.25) is 0 Å². The fourth-order valence-corrected chi connectivity index (χ4v) is 4.23. The van der Waals surface area contributed by atoms with Gasteiger partial charge in [-0.05, 0) is 72.7 Å². The van der Waals surface area contributed by atoms with Gasteiger partial charge in [-0.15, -0.1) is 0 Å². The molecule has 4 aromatic rings. The predicted octanol–water partition coefficient (Wildman–Crippen LogP) is 5.11. The molecule has 1 aromatic heterocycles. The second-order valence-electron chi connectivity index (χ2n) is 9.69. The molecule has 0 aliphatic heterocycles. The van der Waals surface area contributed by atoms with Crippen LogP contribution in [-0.2, 0) is 20.8 Å². The van der Waals surface area contributed by atoms with Crippen molar-refractivity contribution in [2.45, 2.75) is 44.7 Å². The maximum absolute atomic E-state index is 12.7. The second kappa shape index (κ2) is 16.5. The molecule has 0 aliphatic rings. The zero-order valence-corrected chi connectivity index (χ0v) is 23.1. The van der Waals surface area contributed by atoms with Gasteiger partial charge in [0, 0.05) is 18.0 Å². The third-order valence-electron chi connectivity index (χ3n) is 6.35. The van der Waals surface area contributed by atoms with Crippen molar-refractivity contribution in [2.75, 3.05) is 17.2 Å². The molecule has 0 radical (unpaired) electrons. The molecule has 1 unspecified atom stereocenters. The molecule has 1 atom stereocenters. The van der Waals surface area contributed by atoms with Crippen molar-refractivity contribution in [1.29, 1.82) is 0 Å². The van der Waals surface area contributed by atoms with Crippen LogP contribution in [0.3, 0.4) is 0 Å². The Morgan fingerprint density at radius 1 is 1.00 bits per heavy atom. The number of aromatic nitrogens is 2. The van der Waals surface area contributed by atoms with E-state index in [1.807, 2.05) is 61.5 Å². The molecule has 14 heteroatoms. The summed E-state index contributed by atoms with van der Waals surface area (Å²) in [6.07, 6.45) is -3.74. The van der Waals surface area contributed by atoms with E-state index in [0.29, 0.717) is 24.5 Å². The van der Waals surface area contributed by atoms with Crippen molar-refractivity contribution in [3.63, 3.8) is 0 Å². The molecule has 230 valence electrons. The number of hydrogen-bond donors (Lipinski definition) is 6. The van der Waals surface area contributed by atoms with Gasteiger partial charge in [-0.25, -0.2) is 9.78 Å². The minimum absolute atomic E-state index is 0. The van der Waals surface area contributed by atoms with E-state index in [1.54, 1.807) is 12.1 Å². The van der Waals surface area contributed by atoms with Crippen molar-refractivity contribution in [3.8, 4) is 0 Å². The molecular formula is C30H32F3LiN4O6. The maximum atomic E-state index is 12.7. The number of H-pyrrole nitrogens is 1. The summed E-state index contributed by atoms with van der Waals surface area (Å²) in [7, 11) is 0. The molecule has 4 rings (SSSR count). The number of hydrogen-bond acceptors (Lipinski definition) is 6. The number of rotatable bonds is 11. The fourth-order valence-electron chi connectivity index (χ4n) is 4.23. The third-order valence-corrected chi connectivity index (χ3v) is 6.35. The fraction of sp³-hybridized carbons (Fsp3) is 0.267. The predicted molar refractivity (Wildman–Crippen MR) is 161 cm³/mol. The SMILES string of the molecule is Cc1ccccc1Nc1nc2ccc(CC(=O)Nc3ccc(C(CCCO)CC(=O)O)cc3)cc2[nH]1.O=C(O)C(F)(F)F.[LiH]. The Kier molecular flexibility index (Phi) is 13.5. The molecule has 0 fully saturated rings. The first-order valence-corrected chi connectivity index (χ1v) is 13.2. The van der Waals surface area contributed by atoms with Gasteiger partial charge >= 0.3 is 37.0 Å². The quantitative estimate of drug-likeness (QED) is 0.128. The number of fused-ring (bicyclic) bond motifs is 1. The molecule has 0 saturated carbocycles. The first-order chi connectivity index (χ1) is 20.3. The van der Waals surface area contributed by atoms with E-state index < -0.39 is 18.1 Å². The number of alkyl halides is 3. The number of aliphatic hydroxyl groups excluding tert-OH is 1. The molecule has 0 bridgehead atoms. The molecule has 1 amide bonds. The Morgan fingerprint density at radius 3 is 2.25 bits per heavy atom. The van der Waals surface area contributed by atoms with Crippen LogP contribution in [0.25, 0.3) is 11.0 Å². The average molecular weight is 609 g/mol. The van der Waals surface area contributed by atoms with Crippen molar-refractivity contribution in [1.82, 2.24) is 9.97 Å². The molecule has 10 nitrogen and oxygen atoms in total. The van der Waals surface area contributed by atoms with Crippen LogP contribution in [0, 0.1) is 6.92 Å². The Bertz CT molecular complexity index is 1560. The number of carbonyl (C=O) groups excluding carboxylic acids is 1. The number of carboxylic acids is 2. The Balaban J connectivity index is 0.000000756. The summed E-state index contributed by atoms with van der Waals surface area (Å²) in [6.45, 7) is 2.06. The number of aromatic amines is 1. The minimum atomic E-state index is -5.08. The Labute approximate surface area is 262 Å². The van der Waals surface area contributed by atoms with E-state index in [2.05, 4.69) is 20.6 Å². The average Bonchev–Trinajstić information content (AvgIpc) is 3.34. The number of carboxylic acid groups (broad SMARTS) is 2. The van der Waals surface area contributed by atoms with E-state index in [-0.39, 0.29) is 50.1 Å². The van der Waals surface area contributed by atoms with Gasteiger partial charge in [0.1, 0.15) is 0 Å². The van der Waals surface area contributed by atoms with Crippen LogP contribution in [0.4, 0.5) is 30.5 Å². The molecule has 6 N–H and O–H groups in total. The summed E-state index contributed by atoms with van der Waals surface area (Å²) in [5, 5.41) is 31.6. The Hall–Kier alpha value is -4.31. The van der Waals surface area contributed by atoms with Gasteiger partial charge in [0.25, 0.3) is 0 Å². The van der Waals surface area contributed by atoms with Gasteiger partial charge in [0.05, 0.1) is 23.9 Å². The van der Waals surface area contributed by atoms with Gasteiger partial charge in [0.15, 0.2) is 0 Å². The third kappa shape index (κ3) is 11.1. The molecule has 0 aliphatic carbocycles. The van der Waals surface area contributed by atoms with Crippen LogP contribution in [0.5, 0.6) is 0 Å². The van der Waals surface area contributed by atoms with E-state index >= 15 is 0 Å². The van der Waals surface area contributed by atoms with Crippen LogP contribution in [-0.4, -0.2) is 74.8 Å². The normalized spacial score (nSPS) is 11.5. The van der Waals surface area contributed by atoms with E-state index in [0.717, 1.165) is 33.4 Å². The number of anilines is 3. The van der Waals surface area contributed by atoms with Crippen LogP contribution in [0.1, 0.15) is 41.9 Å². The topological polar surface area (TPSA) is 165 Å². The summed E-state index contributed by atoms with van der Waals surface area (Å²) < 4.78 is 31.7. The number of benzene rings is 3. The number of halogens is 3. The number of amides is 1. The number of aryl methyl sites for hydroxylation is 1. The molecule has 3 aromatic carbocycles. The first kappa shape index (κ1) is 35.9. The van der Waals surface area contributed by atoms with Crippen LogP contribution >= 0.6 is 0 Å². The number of aliphatic carboxylic acids is 2. The van der Waals surface area contributed by atoms with Crippen molar-refractivity contribution in [3.05, 3.63) is 83.4 Å². The number of para-hydroxylation sites is 1. The number of carbonyl (C=O) groups is 3. The van der Waals surface area contributed by atoms with Crippen molar-refractivity contribution >= 4 is 65.1 Å². The Morgan fingerprint density at radius 2 is 1.66 bits per heavy atom. The van der Waals surface area contributed by atoms with Crippen LogP contribution in [0.15, 0.2) is 66.7 Å². The summed E-state index contributed by atoms with van der Waals surface area (Å²) in [6, 6.07) is 20.9. The van der Waals surface area contributed by atoms with E-state index in [9.17, 15) is 27.9 Å². The number of aliphatic hydroxyl groups is 1. The van der Waals surface area contributed by atoms with Gasteiger partial charge in [0.2, 0.25) is 11.9 Å². The zero-order chi connectivity index (χ0) is 31.6. The first-order valence-electron chi connectivity index (χ1n) is 13.2. The molecular weight excluding hydrogens is 576 g/mol.